The molecule has 0 radical (unpaired) electrons. The molecule has 0 bridgehead atoms. The standard InChI is InChI=1S/C15H25NO2/c1-4-8-13(3)11-14(12-15(17)18-5-2)16-9-6-7-10-16/h4,8,12-13H,5-7,9-11H2,1-3H3. The van der Waals surface area contributed by atoms with Crippen molar-refractivity contribution >= 4 is 5.97 Å². The lowest BCUT2D eigenvalue weighted by Crippen LogP contribution is -2.21. The maximum Gasteiger partial charge on any atom is 0.332 e. The van der Waals surface area contributed by atoms with Crippen LogP contribution in [0.5, 0.6) is 0 Å². The Morgan fingerprint density at radius 3 is 2.61 bits per heavy atom. The van der Waals surface area contributed by atoms with Crippen molar-refractivity contribution in [3.05, 3.63) is 23.9 Å². The molecule has 102 valence electrons. The fourth-order valence-electron chi connectivity index (χ4n) is 2.33. The zero-order valence-corrected chi connectivity index (χ0v) is 11.8. The van der Waals surface area contributed by atoms with Crippen LogP contribution in [0, 0.1) is 5.92 Å². The van der Waals surface area contributed by atoms with Crippen LogP contribution in [0.4, 0.5) is 0 Å². The molecule has 0 aromatic heterocycles. The molecular formula is C15H25NO2. The fourth-order valence-corrected chi connectivity index (χ4v) is 2.33. The fraction of sp³-hybridized carbons (Fsp3) is 0.667. The van der Waals surface area contributed by atoms with Gasteiger partial charge in [0.2, 0.25) is 0 Å². The van der Waals surface area contributed by atoms with Gasteiger partial charge in [0, 0.05) is 24.9 Å². The number of hydrogen-bond acceptors (Lipinski definition) is 3. The van der Waals surface area contributed by atoms with Crippen molar-refractivity contribution in [3.63, 3.8) is 0 Å². The van der Waals surface area contributed by atoms with Gasteiger partial charge in [-0.3, -0.25) is 0 Å². The van der Waals surface area contributed by atoms with Crippen molar-refractivity contribution < 1.29 is 9.53 Å². The molecule has 0 N–H and O–H groups in total. The van der Waals surface area contributed by atoms with Gasteiger partial charge in [-0.05, 0) is 39.0 Å². The van der Waals surface area contributed by atoms with E-state index in [2.05, 4.69) is 24.0 Å². The Bertz CT molecular complexity index is 314. The van der Waals surface area contributed by atoms with Crippen LogP contribution in [-0.4, -0.2) is 30.6 Å². The van der Waals surface area contributed by atoms with E-state index in [1.54, 1.807) is 6.08 Å². The molecule has 0 saturated carbocycles. The maximum atomic E-state index is 11.6. The van der Waals surface area contributed by atoms with Crippen molar-refractivity contribution in [3.8, 4) is 0 Å². The second-order valence-electron chi connectivity index (χ2n) is 4.79. The van der Waals surface area contributed by atoms with E-state index >= 15 is 0 Å². The summed E-state index contributed by atoms with van der Waals surface area (Å²) in [4.78, 5) is 13.9. The van der Waals surface area contributed by atoms with E-state index < -0.39 is 0 Å². The molecule has 3 heteroatoms. The summed E-state index contributed by atoms with van der Waals surface area (Å²) < 4.78 is 5.01. The first-order chi connectivity index (χ1) is 8.67. The first-order valence-electron chi connectivity index (χ1n) is 6.92. The van der Waals surface area contributed by atoms with E-state index in [0.717, 1.165) is 25.2 Å². The van der Waals surface area contributed by atoms with Crippen LogP contribution >= 0.6 is 0 Å². The number of ether oxygens (including phenoxy) is 1. The first-order valence-corrected chi connectivity index (χ1v) is 6.92. The number of carbonyl (C=O) groups excluding carboxylic acids is 1. The Morgan fingerprint density at radius 2 is 2.06 bits per heavy atom. The highest BCUT2D eigenvalue weighted by Gasteiger charge is 2.17. The maximum absolute atomic E-state index is 11.6. The average molecular weight is 251 g/mol. The third-order valence-electron chi connectivity index (χ3n) is 3.14. The molecule has 1 aliphatic rings. The summed E-state index contributed by atoms with van der Waals surface area (Å²) in [6, 6.07) is 0. The molecule has 1 aliphatic heterocycles. The molecule has 0 spiro atoms. The molecule has 1 heterocycles. The minimum absolute atomic E-state index is 0.216. The summed E-state index contributed by atoms with van der Waals surface area (Å²) in [6.45, 7) is 8.61. The van der Waals surface area contributed by atoms with Gasteiger partial charge in [0.1, 0.15) is 0 Å². The highest BCUT2D eigenvalue weighted by atomic mass is 16.5. The third kappa shape index (κ3) is 4.94. The topological polar surface area (TPSA) is 29.5 Å². The van der Waals surface area contributed by atoms with Crippen molar-refractivity contribution in [2.45, 2.75) is 40.0 Å². The number of rotatable bonds is 6. The quantitative estimate of drug-likeness (QED) is 0.412. The van der Waals surface area contributed by atoms with Crippen molar-refractivity contribution in [1.82, 2.24) is 4.90 Å². The van der Waals surface area contributed by atoms with Gasteiger partial charge in [0.15, 0.2) is 0 Å². The lowest BCUT2D eigenvalue weighted by atomic mass is 10.0. The molecular weight excluding hydrogens is 226 g/mol. The Kier molecular flexibility index (Phi) is 6.55. The Balaban J connectivity index is 2.70. The first kappa shape index (κ1) is 14.8. The van der Waals surface area contributed by atoms with Crippen LogP contribution in [0.3, 0.4) is 0 Å². The highest BCUT2D eigenvalue weighted by Crippen LogP contribution is 2.21. The van der Waals surface area contributed by atoms with E-state index in [9.17, 15) is 4.79 Å². The minimum Gasteiger partial charge on any atom is -0.463 e. The van der Waals surface area contributed by atoms with E-state index in [-0.39, 0.29) is 5.97 Å². The van der Waals surface area contributed by atoms with Gasteiger partial charge in [-0.1, -0.05) is 19.1 Å². The van der Waals surface area contributed by atoms with Crippen LogP contribution in [0.2, 0.25) is 0 Å². The van der Waals surface area contributed by atoms with Gasteiger partial charge in [-0.2, -0.15) is 0 Å². The summed E-state index contributed by atoms with van der Waals surface area (Å²) >= 11 is 0. The van der Waals surface area contributed by atoms with Gasteiger partial charge in [0.25, 0.3) is 0 Å². The lowest BCUT2D eigenvalue weighted by molar-refractivity contribution is -0.137. The van der Waals surface area contributed by atoms with Crippen LogP contribution < -0.4 is 0 Å². The molecule has 1 fully saturated rings. The zero-order valence-electron chi connectivity index (χ0n) is 11.8. The summed E-state index contributed by atoms with van der Waals surface area (Å²) in [5.41, 5.74) is 1.12. The summed E-state index contributed by atoms with van der Waals surface area (Å²) in [5, 5.41) is 0. The van der Waals surface area contributed by atoms with Crippen molar-refractivity contribution in [1.29, 1.82) is 0 Å². The number of hydrogen-bond donors (Lipinski definition) is 0. The van der Waals surface area contributed by atoms with E-state index in [1.165, 1.54) is 12.8 Å². The Labute approximate surface area is 110 Å². The van der Waals surface area contributed by atoms with E-state index in [1.807, 2.05) is 13.8 Å². The van der Waals surface area contributed by atoms with Gasteiger partial charge in [0.05, 0.1) is 6.61 Å². The largest absolute Gasteiger partial charge is 0.463 e. The summed E-state index contributed by atoms with van der Waals surface area (Å²) in [7, 11) is 0. The third-order valence-corrected chi connectivity index (χ3v) is 3.14. The van der Waals surface area contributed by atoms with Crippen LogP contribution in [0.25, 0.3) is 0 Å². The number of likely N-dealkylation sites (tertiary alicyclic amines) is 1. The molecule has 0 aromatic carbocycles. The van der Waals surface area contributed by atoms with E-state index in [0.29, 0.717) is 12.5 Å². The lowest BCUT2D eigenvalue weighted by Gasteiger charge is -2.23. The predicted molar refractivity (Wildman–Crippen MR) is 74.1 cm³/mol. The Hall–Kier alpha value is -1.25. The molecule has 18 heavy (non-hydrogen) atoms. The number of esters is 1. The van der Waals surface area contributed by atoms with Crippen LogP contribution in [0.15, 0.2) is 23.9 Å². The summed E-state index contributed by atoms with van der Waals surface area (Å²) in [6.07, 6.45) is 9.26. The molecule has 1 rings (SSSR count). The molecule has 0 aromatic rings. The molecule has 1 saturated heterocycles. The second-order valence-corrected chi connectivity index (χ2v) is 4.79. The van der Waals surface area contributed by atoms with Gasteiger partial charge in [-0.15, -0.1) is 0 Å². The monoisotopic (exact) mass is 251 g/mol. The number of carbonyl (C=O) groups is 1. The molecule has 1 unspecified atom stereocenters. The highest BCUT2D eigenvalue weighted by molar-refractivity contribution is 5.82. The normalized spacial score (nSPS) is 18.4. The number of nitrogens with zero attached hydrogens (tertiary/aromatic N) is 1. The number of allylic oxidation sites excluding steroid dienone is 3. The van der Waals surface area contributed by atoms with Crippen LogP contribution in [-0.2, 0) is 9.53 Å². The zero-order chi connectivity index (χ0) is 13.4. The second kappa shape index (κ2) is 7.96. The average Bonchev–Trinajstić information content (AvgIpc) is 2.82. The van der Waals surface area contributed by atoms with Gasteiger partial charge in [-0.25, -0.2) is 4.79 Å². The van der Waals surface area contributed by atoms with Gasteiger partial charge < -0.3 is 9.64 Å². The molecule has 0 amide bonds. The van der Waals surface area contributed by atoms with E-state index in [4.69, 9.17) is 4.74 Å². The predicted octanol–water partition coefficient (Wildman–Crippen LogP) is 3.13. The van der Waals surface area contributed by atoms with Crippen LogP contribution in [0.1, 0.15) is 40.0 Å². The minimum atomic E-state index is -0.216. The molecule has 1 atom stereocenters. The Morgan fingerprint density at radius 1 is 1.39 bits per heavy atom. The van der Waals surface area contributed by atoms with Crippen molar-refractivity contribution in [2.75, 3.05) is 19.7 Å². The SMILES string of the molecule is CC=CC(C)CC(=CC(=O)OCC)N1CCCC1. The molecule has 0 aliphatic carbocycles. The summed E-state index contributed by atoms with van der Waals surface area (Å²) in [5.74, 6) is 0.239. The smallest absolute Gasteiger partial charge is 0.332 e. The molecule has 3 nitrogen and oxygen atoms in total. The van der Waals surface area contributed by atoms with Gasteiger partial charge >= 0.3 is 5.97 Å². The van der Waals surface area contributed by atoms with Crippen molar-refractivity contribution in [2.24, 2.45) is 5.92 Å².